The number of benzene rings is 3. The number of nitrogens with zero attached hydrogens (tertiary/aromatic N) is 3. The molecule has 3 aromatic carbocycles. The van der Waals surface area contributed by atoms with Crippen molar-refractivity contribution in [1.29, 1.82) is 0 Å². The summed E-state index contributed by atoms with van der Waals surface area (Å²) in [7, 11) is -4.10. The summed E-state index contributed by atoms with van der Waals surface area (Å²) in [5.74, 6) is -1.22. The van der Waals surface area contributed by atoms with Crippen molar-refractivity contribution in [3.8, 4) is 0 Å². The monoisotopic (exact) mass is 449 g/mol. The van der Waals surface area contributed by atoms with Crippen LogP contribution in [0.4, 0.5) is 4.39 Å². The molecule has 2 amide bonds. The van der Waals surface area contributed by atoms with Crippen molar-refractivity contribution in [2.45, 2.75) is 11.3 Å². The third-order valence-electron chi connectivity index (χ3n) is 5.37. The van der Waals surface area contributed by atoms with Crippen molar-refractivity contribution < 1.29 is 22.4 Å². The number of imide groups is 1. The van der Waals surface area contributed by atoms with E-state index in [9.17, 15) is 22.4 Å². The van der Waals surface area contributed by atoms with Gasteiger partial charge in [0.15, 0.2) is 0 Å². The van der Waals surface area contributed by atoms with Gasteiger partial charge in [0.1, 0.15) is 11.6 Å². The Morgan fingerprint density at radius 1 is 0.812 bits per heavy atom. The molecule has 0 N–H and O–H groups in total. The SMILES string of the molecule is O=C1c2ccccc2C(=O)N1CCc1nc2ccccc2n1S(=O)(=O)c1ccc(F)cc1. The molecule has 1 aliphatic rings. The molecule has 0 atom stereocenters. The molecule has 9 heteroatoms. The molecule has 0 fully saturated rings. The van der Waals surface area contributed by atoms with E-state index in [1.807, 2.05) is 0 Å². The lowest BCUT2D eigenvalue weighted by molar-refractivity contribution is 0.0655. The fourth-order valence-electron chi connectivity index (χ4n) is 3.85. The van der Waals surface area contributed by atoms with E-state index in [0.29, 0.717) is 22.2 Å². The Bertz CT molecular complexity index is 1460. The van der Waals surface area contributed by atoms with Gasteiger partial charge in [-0.1, -0.05) is 24.3 Å². The molecule has 1 aromatic heterocycles. The number of halogens is 1. The van der Waals surface area contributed by atoms with Gasteiger partial charge in [0.2, 0.25) is 0 Å². The summed E-state index contributed by atoms with van der Waals surface area (Å²) in [6, 6.07) is 17.8. The predicted octanol–water partition coefficient (Wildman–Crippen LogP) is 3.25. The number of rotatable bonds is 5. The van der Waals surface area contributed by atoms with Gasteiger partial charge in [-0.05, 0) is 48.5 Å². The predicted molar refractivity (Wildman–Crippen MR) is 114 cm³/mol. The fraction of sp³-hybridized carbons (Fsp3) is 0.0870. The largest absolute Gasteiger partial charge is 0.274 e. The van der Waals surface area contributed by atoms with E-state index >= 15 is 0 Å². The lowest BCUT2D eigenvalue weighted by Gasteiger charge is -2.15. The highest BCUT2D eigenvalue weighted by atomic mass is 32.2. The molecule has 0 saturated heterocycles. The maximum atomic E-state index is 13.4. The second-order valence-corrected chi connectivity index (χ2v) is 9.08. The van der Waals surface area contributed by atoms with Gasteiger partial charge in [0.05, 0.1) is 27.1 Å². The molecule has 0 aliphatic carbocycles. The molecule has 0 radical (unpaired) electrons. The van der Waals surface area contributed by atoms with Crippen molar-refractivity contribution in [1.82, 2.24) is 13.9 Å². The molecule has 7 nitrogen and oxygen atoms in total. The van der Waals surface area contributed by atoms with Crippen LogP contribution >= 0.6 is 0 Å². The minimum Gasteiger partial charge on any atom is -0.274 e. The highest BCUT2D eigenvalue weighted by Gasteiger charge is 2.35. The minimum atomic E-state index is -4.10. The molecule has 0 bridgehead atoms. The number of carbonyl (C=O) groups is 2. The molecule has 2 heterocycles. The lowest BCUT2D eigenvalue weighted by Crippen LogP contribution is -2.32. The maximum absolute atomic E-state index is 13.4. The van der Waals surface area contributed by atoms with Gasteiger partial charge in [0, 0.05) is 13.0 Å². The smallest absolute Gasteiger partial charge is 0.269 e. The average Bonchev–Trinajstić information content (AvgIpc) is 3.28. The normalized spacial score (nSPS) is 13.7. The molecular formula is C23H16FN3O4S. The van der Waals surface area contributed by atoms with Crippen LogP contribution in [-0.2, 0) is 16.4 Å². The van der Waals surface area contributed by atoms with Gasteiger partial charge < -0.3 is 0 Å². The van der Waals surface area contributed by atoms with Crippen molar-refractivity contribution in [2.24, 2.45) is 0 Å². The Balaban J connectivity index is 1.54. The highest BCUT2D eigenvalue weighted by Crippen LogP contribution is 2.26. The summed E-state index contributed by atoms with van der Waals surface area (Å²) in [5, 5.41) is 0. The maximum Gasteiger partial charge on any atom is 0.269 e. The molecule has 160 valence electrons. The van der Waals surface area contributed by atoms with Gasteiger partial charge in [-0.2, -0.15) is 0 Å². The van der Waals surface area contributed by atoms with E-state index in [1.165, 1.54) is 12.1 Å². The van der Waals surface area contributed by atoms with Gasteiger partial charge in [-0.15, -0.1) is 0 Å². The van der Waals surface area contributed by atoms with Gasteiger partial charge in [-0.25, -0.2) is 21.8 Å². The molecule has 4 aromatic rings. The van der Waals surface area contributed by atoms with Crippen molar-refractivity contribution in [3.63, 3.8) is 0 Å². The second kappa shape index (κ2) is 7.38. The van der Waals surface area contributed by atoms with Crippen LogP contribution < -0.4 is 0 Å². The average molecular weight is 449 g/mol. The Hall–Kier alpha value is -3.85. The number of fused-ring (bicyclic) bond motifs is 2. The van der Waals surface area contributed by atoms with Crippen LogP contribution in [0.25, 0.3) is 11.0 Å². The van der Waals surface area contributed by atoms with E-state index in [0.717, 1.165) is 21.0 Å². The molecule has 0 unspecified atom stereocenters. The quantitative estimate of drug-likeness (QED) is 0.437. The van der Waals surface area contributed by atoms with Crippen LogP contribution in [0.2, 0.25) is 0 Å². The number of hydrogen-bond donors (Lipinski definition) is 0. The van der Waals surface area contributed by atoms with E-state index < -0.39 is 27.7 Å². The van der Waals surface area contributed by atoms with Crippen LogP contribution in [0.3, 0.4) is 0 Å². The summed E-state index contributed by atoms with van der Waals surface area (Å²) >= 11 is 0. The number of imidazole rings is 1. The third kappa shape index (κ3) is 3.09. The molecular weight excluding hydrogens is 433 g/mol. The first-order valence-electron chi connectivity index (χ1n) is 9.80. The number of amides is 2. The second-order valence-electron chi connectivity index (χ2n) is 7.30. The number of hydrogen-bond acceptors (Lipinski definition) is 5. The van der Waals surface area contributed by atoms with Crippen LogP contribution in [0, 0.1) is 5.82 Å². The van der Waals surface area contributed by atoms with E-state index in [2.05, 4.69) is 4.98 Å². The Morgan fingerprint density at radius 3 is 2.06 bits per heavy atom. The van der Waals surface area contributed by atoms with Gasteiger partial charge in [-0.3, -0.25) is 14.5 Å². The van der Waals surface area contributed by atoms with Gasteiger partial charge in [0.25, 0.3) is 21.8 Å². The summed E-state index contributed by atoms with van der Waals surface area (Å²) in [6.45, 7) is -0.0331. The van der Waals surface area contributed by atoms with Gasteiger partial charge >= 0.3 is 0 Å². The molecule has 0 spiro atoms. The standard InChI is InChI=1S/C23H16FN3O4S/c24-15-9-11-16(12-10-15)32(30,31)27-20-8-4-3-7-19(20)25-21(27)13-14-26-22(28)17-5-1-2-6-18(17)23(26)29/h1-12H,13-14H2. The minimum absolute atomic E-state index is 0.0283. The first-order valence-corrected chi connectivity index (χ1v) is 11.2. The van der Waals surface area contributed by atoms with Crippen LogP contribution in [0.15, 0.2) is 77.7 Å². The van der Waals surface area contributed by atoms with Crippen LogP contribution in [-0.4, -0.2) is 40.6 Å². The zero-order valence-corrected chi connectivity index (χ0v) is 17.4. The van der Waals surface area contributed by atoms with E-state index in [4.69, 9.17) is 0 Å². The molecule has 5 rings (SSSR count). The first-order chi connectivity index (χ1) is 15.4. The summed E-state index contributed by atoms with van der Waals surface area (Å²) < 4.78 is 41.2. The Labute approximate surface area is 182 Å². The number of para-hydroxylation sites is 2. The Kier molecular flexibility index (Phi) is 4.63. The van der Waals surface area contributed by atoms with E-state index in [-0.39, 0.29) is 23.7 Å². The van der Waals surface area contributed by atoms with Crippen LogP contribution in [0.5, 0.6) is 0 Å². The summed E-state index contributed by atoms with van der Waals surface area (Å²) in [5.41, 5.74) is 1.46. The fourth-order valence-corrected chi connectivity index (χ4v) is 5.36. The molecule has 1 aliphatic heterocycles. The van der Waals surface area contributed by atoms with Crippen molar-refractivity contribution in [2.75, 3.05) is 6.54 Å². The number of aromatic nitrogens is 2. The Morgan fingerprint density at radius 2 is 1.41 bits per heavy atom. The lowest BCUT2D eigenvalue weighted by atomic mass is 10.1. The number of carbonyl (C=O) groups excluding carboxylic acids is 2. The highest BCUT2D eigenvalue weighted by molar-refractivity contribution is 7.90. The third-order valence-corrected chi connectivity index (χ3v) is 7.13. The molecule has 0 saturated carbocycles. The zero-order valence-electron chi connectivity index (χ0n) is 16.6. The van der Waals surface area contributed by atoms with Crippen molar-refractivity contribution >= 4 is 32.9 Å². The molecule has 32 heavy (non-hydrogen) atoms. The van der Waals surface area contributed by atoms with Crippen molar-refractivity contribution in [3.05, 3.63) is 95.6 Å². The first kappa shape index (κ1) is 20.1. The summed E-state index contributed by atoms with van der Waals surface area (Å²) in [6.07, 6.45) is 0.0283. The van der Waals surface area contributed by atoms with Crippen LogP contribution in [0.1, 0.15) is 26.5 Å². The summed E-state index contributed by atoms with van der Waals surface area (Å²) in [4.78, 5) is 30.8. The zero-order chi connectivity index (χ0) is 22.5. The van der Waals surface area contributed by atoms with E-state index in [1.54, 1.807) is 48.5 Å². The topological polar surface area (TPSA) is 89.3 Å².